The molecule has 0 saturated heterocycles. The lowest BCUT2D eigenvalue weighted by atomic mass is 9.78. The van der Waals surface area contributed by atoms with E-state index in [0.29, 0.717) is 5.92 Å². The minimum Gasteiger partial charge on any atom is -0.356 e. The van der Waals surface area contributed by atoms with Gasteiger partial charge in [-0.2, -0.15) is 0 Å². The number of aliphatic imine (C=N–C) groups is 1. The number of hydrogen-bond donors (Lipinski definition) is 2. The lowest BCUT2D eigenvalue weighted by Gasteiger charge is -2.30. The van der Waals surface area contributed by atoms with Gasteiger partial charge in [-0.1, -0.05) is 24.3 Å². The molecule has 1 heterocycles. The van der Waals surface area contributed by atoms with Crippen molar-refractivity contribution in [3.8, 4) is 0 Å². The standard InChI is InChI=1S/C17H22N4S.HI/c1-12-10-20-16(22-12)7-8-19-17(18-2)21-11-14-9-13-5-3-4-6-15(13)14;/h3-6,10,14H,7-9,11H2,1-2H3,(H2,18,19,21);1H. The molecule has 1 aliphatic rings. The monoisotopic (exact) mass is 442 g/mol. The van der Waals surface area contributed by atoms with Crippen LogP contribution in [0.4, 0.5) is 0 Å². The van der Waals surface area contributed by atoms with Crippen molar-refractivity contribution >= 4 is 41.3 Å². The predicted molar refractivity (Wildman–Crippen MR) is 108 cm³/mol. The molecular formula is C17H23IN4S. The second-order valence-corrected chi connectivity index (χ2v) is 6.91. The zero-order valence-corrected chi connectivity index (χ0v) is 16.7. The maximum atomic E-state index is 4.38. The summed E-state index contributed by atoms with van der Waals surface area (Å²) in [5, 5.41) is 7.96. The quantitative estimate of drug-likeness (QED) is 0.425. The summed E-state index contributed by atoms with van der Waals surface area (Å²) in [6, 6.07) is 8.68. The van der Waals surface area contributed by atoms with Gasteiger partial charge in [0.05, 0.1) is 5.01 Å². The third kappa shape index (κ3) is 4.67. The highest BCUT2D eigenvalue weighted by molar-refractivity contribution is 14.0. The van der Waals surface area contributed by atoms with Crippen molar-refractivity contribution in [3.05, 3.63) is 51.5 Å². The first-order chi connectivity index (χ1) is 10.8. The zero-order valence-electron chi connectivity index (χ0n) is 13.5. The van der Waals surface area contributed by atoms with Gasteiger partial charge in [-0.25, -0.2) is 4.98 Å². The van der Waals surface area contributed by atoms with Crippen LogP contribution < -0.4 is 10.6 Å². The molecule has 4 nitrogen and oxygen atoms in total. The van der Waals surface area contributed by atoms with Gasteiger partial charge in [-0.05, 0) is 24.5 Å². The number of hydrogen-bond acceptors (Lipinski definition) is 3. The average molecular weight is 442 g/mol. The molecule has 0 bridgehead atoms. The van der Waals surface area contributed by atoms with Gasteiger partial charge in [0.15, 0.2) is 5.96 Å². The van der Waals surface area contributed by atoms with Crippen LogP contribution in [0.2, 0.25) is 0 Å². The van der Waals surface area contributed by atoms with Gasteiger partial charge in [0, 0.05) is 43.5 Å². The molecule has 2 N–H and O–H groups in total. The fourth-order valence-electron chi connectivity index (χ4n) is 2.79. The summed E-state index contributed by atoms with van der Waals surface area (Å²) in [6.07, 6.45) is 4.03. The molecule has 2 aromatic rings. The molecule has 0 aliphatic heterocycles. The van der Waals surface area contributed by atoms with Crippen LogP contribution >= 0.6 is 35.3 Å². The highest BCUT2D eigenvalue weighted by atomic mass is 127. The molecule has 0 amide bonds. The number of aromatic nitrogens is 1. The summed E-state index contributed by atoms with van der Waals surface area (Å²) in [7, 11) is 1.82. The molecular weight excluding hydrogens is 419 g/mol. The topological polar surface area (TPSA) is 49.3 Å². The van der Waals surface area contributed by atoms with Crippen LogP contribution in [0.25, 0.3) is 0 Å². The normalized spacial score (nSPS) is 16.1. The summed E-state index contributed by atoms with van der Waals surface area (Å²) in [4.78, 5) is 9.93. The number of benzene rings is 1. The minimum absolute atomic E-state index is 0. The maximum absolute atomic E-state index is 4.38. The molecule has 0 spiro atoms. The van der Waals surface area contributed by atoms with Crippen LogP contribution in [0.3, 0.4) is 0 Å². The number of halogens is 1. The Labute approximate surface area is 158 Å². The van der Waals surface area contributed by atoms with Crippen molar-refractivity contribution in [2.45, 2.75) is 25.7 Å². The third-order valence-electron chi connectivity index (χ3n) is 4.00. The van der Waals surface area contributed by atoms with E-state index in [1.165, 1.54) is 27.4 Å². The van der Waals surface area contributed by atoms with Crippen molar-refractivity contribution in [3.63, 3.8) is 0 Å². The number of thiazole rings is 1. The lowest BCUT2D eigenvalue weighted by Crippen LogP contribution is -2.41. The Balaban J connectivity index is 0.00000192. The highest BCUT2D eigenvalue weighted by Gasteiger charge is 2.25. The Morgan fingerprint density at radius 2 is 2.17 bits per heavy atom. The molecule has 1 aromatic heterocycles. The van der Waals surface area contributed by atoms with Crippen LogP contribution in [0.5, 0.6) is 0 Å². The number of aryl methyl sites for hydroxylation is 1. The molecule has 1 aliphatic carbocycles. The van der Waals surface area contributed by atoms with Crippen LogP contribution in [0, 0.1) is 6.92 Å². The first kappa shape index (κ1) is 18.2. The van der Waals surface area contributed by atoms with Crippen LogP contribution in [0.15, 0.2) is 35.5 Å². The summed E-state index contributed by atoms with van der Waals surface area (Å²) < 4.78 is 0. The van der Waals surface area contributed by atoms with Crippen LogP contribution in [0.1, 0.15) is 26.9 Å². The SMILES string of the molecule is CN=C(NCCc1ncc(C)s1)NCC1Cc2ccccc21.I. The van der Waals surface area contributed by atoms with E-state index in [-0.39, 0.29) is 24.0 Å². The Bertz CT molecular complexity index is 668. The van der Waals surface area contributed by atoms with Gasteiger partial charge < -0.3 is 10.6 Å². The van der Waals surface area contributed by atoms with Gasteiger partial charge in [-0.15, -0.1) is 35.3 Å². The molecule has 23 heavy (non-hydrogen) atoms. The van der Waals surface area contributed by atoms with E-state index in [4.69, 9.17) is 0 Å². The predicted octanol–water partition coefficient (Wildman–Crippen LogP) is 3.12. The van der Waals surface area contributed by atoms with Crippen molar-refractivity contribution in [2.24, 2.45) is 4.99 Å². The second kappa shape index (κ2) is 8.63. The molecule has 6 heteroatoms. The number of rotatable bonds is 5. The molecule has 1 unspecified atom stereocenters. The first-order valence-corrected chi connectivity index (χ1v) is 8.51. The van der Waals surface area contributed by atoms with Gasteiger partial charge in [0.2, 0.25) is 0 Å². The van der Waals surface area contributed by atoms with E-state index < -0.39 is 0 Å². The largest absolute Gasteiger partial charge is 0.356 e. The molecule has 1 atom stereocenters. The summed E-state index contributed by atoms with van der Waals surface area (Å²) >= 11 is 1.76. The maximum Gasteiger partial charge on any atom is 0.191 e. The van der Waals surface area contributed by atoms with Gasteiger partial charge in [0.1, 0.15) is 0 Å². The Morgan fingerprint density at radius 3 is 2.87 bits per heavy atom. The third-order valence-corrected chi connectivity index (χ3v) is 4.97. The second-order valence-electron chi connectivity index (χ2n) is 5.59. The molecule has 0 radical (unpaired) electrons. The summed E-state index contributed by atoms with van der Waals surface area (Å²) in [5.74, 6) is 1.48. The van der Waals surface area contributed by atoms with Gasteiger partial charge in [-0.3, -0.25) is 4.99 Å². The number of guanidine groups is 1. The van der Waals surface area contributed by atoms with Crippen LogP contribution in [-0.2, 0) is 12.8 Å². The van der Waals surface area contributed by atoms with Crippen molar-refractivity contribution in [1.29, 1.82) is 0 Å². The van der Waals surface area contributed by atoms with E-state index >= 15 is 0 Å². The van der Waals surface area contributed by atoms with E-state index in [1.54, 1.807) is 11.3 Å². The van der Waals surface area contributed by atoms with Crippen molar-refractivity contribution in [2.75, 3.05) is 20.1 Å². The Kier molecular flexibility index (Phi) is 6.83. The molecule has 0 saturated carbocycles. The Morgan fingerprint density at radius 1 is 1.35 bits per heavy atom. The van der Waals surface area contributed by atoms with Crippen LogP contribution in [-0.4, -0.2) is 31.1 Å². The average Bonchev–Trinajstić information content (AvgIpc) is 2.92. The lowest BCUT2D eigenvalue weighted by molar-refractivity contribution is 0.584. The van der Waals surface area contributed by atoms with E-state index in [2.05, 4.69) is 51.8 Å². The van der Waals surface area contributed by atoms with E-state index in [9.17, 15) is 0 Å². The Hall–Kier alpha value is -1.15. The molecule has 3 rings (SSSR count). The van der Waals surface area contributed by atoms with E-state index in [0.717, 1.165) is 25.5 Å². The van der Waals surface area contributed by atoms with Gasteiger partial charge >= 0.3 is 0 Å². The fraction of sp³-hybridized carbons (Fsp3) is 0.412. The van der Waals surface area contributed by atoms with Crippen molar-refractivity contribution < 1.29 is 0 Å². The fourth-order valence-corrected chi connectivity index (χ4v) is 3.58. The molecule has 1 aromatic carbocycles. The smallest absolute Gasteiger partial charge is 0.191 e. The summed E-state index contributed by atoms with van der Waals surface area (Å²) in [6.45, 7) is 3.88. The van der Waals surface area contributed by atoms with E-state index in [1.807, 2.05) is 13.2 Å². The number of fused-ring (bicyclic) bond motifs is 1. The zero-order chi connectivity index (χ0) is 15.4. The highest BCUT2D eigenvalue weighted by Crippen LogP contribution is 2.33. The first-order valence-electron chi connectivity index (χ1n) is 7.70. The number of nitrogens with one attached hydrogen (secondary N) is 2. The summed E-state index contributed by atoms with van der Waals surface area (Å²) in [5.41, 5.74) is 2.96. The van der Waals surface area contributed by atoms with Gasteiger partial charge in [0.25, 0.3) is 0 Å². The minimum atomic E-state index is 0. The number of nitrogens with zero attached hydrogens (tertiary/aromatic N) is 2. The van der Waals surface area contributed by atoms with Crippen molar-refractivity contribution in [1.82, 2.24) is 15.6 Å². The molecule has 0 fully saturated rings. The molecule has 124 valence electrons.